The van der Waals surface area contributed by atoms with Crippen molar-refractivity contribution in [1.82, 2.24) is 14.6 Å². The molecule has 2 rings (SSSR count). The lowest BCUT2D eigenvalue weighted by Crippen LogP contribution is -2.17. The molecule has 0 saturated heterocycles. The summed E-state index contributed by atoms with van der Waals surface area (Å²) in [5, 5.41) is 14.4. The van der Waals surface area contributed by atoms with Gasteiger partial charge in [0.1, 0.15) is 5.60 Å². The summed E-state index contributed by atoms with van der Waals surface area (Å²) >= 11 is 5.79. The minimum absolute atomic E-state index is 0.389. The van der Waals surface area contributed by atoms with E-state index in [1.54, 1.807) is 36.7 Å². The van der Waals surface area contributed by atoms with Gasteiger partial charge in [0.15, 0.2) is 11.5 Å². The molecule has 2 heterocycles. The Bertz CT molecular complexity index is 472. The SMILES string of the molecule is CC(C)(O)c1nc2ccc(Cl)cn2n1. The lowest BCUT2D eigenvalue weighted by Gasteiger charge is -2.10. The quantitative estimate of drug-likeness (QED) is 0.780. The van der Waals surface area contributed by atoms with Crippen LogP contribution in [0.4, 0.5) is 0 Å². The maximum Gasteiger partial charge on any atom is 0.182 e. The summed E-state index contributed by atoms with van der Waals surface area (Å²) < 4.78 is 1.55. The van der Waals surface area contributed by atoms with Crippen LogP contribution >= 0.6 is 11.6 Å². The van der Waals surface area contributed by atoms with Crippen LogP contribution in [0.1, 0.15) is 19.7 Å². The van der Waals surface area contributed by atoms with Gasteiger partial charge in [0.25, 0.3) is 0 Å². The highest BCUT2D eigenvalue weighted by Gasteiger charge is 2.21. The van der Waals surface area contributed by atoms with E-state index in [-0.39, 0.29) is 0 Å². The summed E-state index contributed by atoms with van der Waals surface area (Å²) in [6, 6.07) is 3.49. The highest BCUT2D eigenvalue weighted by Crippen LogP contribution is 2.17. The van der Waals surface area contributed by atoms with E-state index in [1.807, 2.05) is 0 Å². The molecule has 0 amide bonds. The highest BCUT2D eigenvalue weighted by atomic mass is 35.5. The van der Waals surface area contributed by atoms with Crippen LogP contribution in [-0.4, -0.2) is 19.7 Å². The molecule has 1 N–H and O–H groups in total. The molecule has 0 aliphatic heterocycles. The van der Waals surface area contributed by atoms with Gasteiger partial charge in [-0.25, -0.2) is 9.50 Å². The summed E-state index contributed by atoms with van der Waals surface area (Å²) in [6.07, 6.45) is 1.65. The van der Waals surface area contributed by atoms with Crippen molar-refractivity contribution in [3.63, 3.8) is 0 Å². The first kappa shape index (κ1) is 9.43. The van der Waals surface area contributed by atoms with E-state index >= 15 is 0 Å². The molecule has 0 radical (unpaired) electrons. The van der Waals surface area contributed by atoms with Gasteiger partial charge in [0.05, 0.1) is 5.02 Å². The van der Waals surface area contributed by atoms with Crippen molar-refractivity contribution in [2.75, 3.05) is 0 Å². The van der Waals surface area contributed by atoms with Gasteiger partial charge in [-0.2, -0.15) is 0 Å². The molecular weight excluding hydrogens is 202 g/mol. The molecule has 5 heteroatoms. The fourth-order valence-electron chi connectivity index (χ4n) is 1.12. The first-order chi connectivity index (χ1) is 6.47. The minimum atomic E-state index is -1.03. The number of aliphatic hydroxyl groups is 1. The number of hydrogen-bond acceptors (Lipinski definition) is 3. The van der Waals surface area contributed by atoms with E-state index in [0.29, 0.717) is 16.5 Å². The molecular formula is C9H10ClN3O. The molecule has 2 aromatic rings. The fourth-order valence-corrected chi connectivity index (χ4v) is 1.27. The van der Waals surface area contributed by atoms with Crippen LogP contribution in [0.15, 0.2) is 18.3 Å². The van der Waals surface area contributed by atoms with Crippen LogP contribution in [0.25, 0.3) is 5.65 Å². The monoisotopic (exact) mass is 211 g/mol. The highest BCUT2D eigenvalue weighted by molar-refractivity contribution is 6.30. The molecule has 0 aromatic carbocycles. The van der Waals surface area contributed by atoms with Gasteiger partial charge in [0.2, 0.25) is 0 Å². The number of halogens is 1. The average Bonchev–Trinajstić information content (AvgIpc) is 2.45. The summed E-state index contributed by atoms with van der Waals surface area (Å²) in [5.74, 6) is 0.389. The standard InChI is InChI=1S/C9H10ClN3O/c1-9(2,14)8-11-7-4-3-6(10)5-13(7)12-8/h3-5,14H,1-2H3. The molecule has 0 fully saturated rings. The van der Waals surface area contributed by atoms with Gasteiger partial charge in [-0.1, -0.05) is 11.6 Å². The first-order valence-electron chi connectivity index (χ1n) is 4.21. The lowest BCUT2D eigenvalue weighted by molar-refractivity contribution is 0.0690. The predicted octanol–water partition coefficient (Wildman–Crippen LogP) is 1.61. The Kier molecular flexibility index (Phi) is 1.97. The third kappa shape index (κ3) is 1.58. The van der Waals surface area contributed by atoms with Crippen LogP contribution in [0.5, 0.6) is 0 Å². The topological polar surface area (TPSA) is 50.4 Å². The molecule has 74 valence electrons. The second kappa shape index (κ2) is 2.93. The smallest absolute Gasteiger partial charge is 0.182 e. The average molecular weight is 212 g/mol. The van der Waals surface area contributed by atoms with E-state index in [4.69, 9.17) is 11.6 Å². The summed E-state index contributed by atoms with van der Waals surface area (Å²) in [4.78, 5) is 4.17. The van der Waals surface area contributed by atoms with Crippen molar-refractivity contribution >= 4 is 17.2 Å². The van der Waals surface area contributed by atoms with Gasteiger partial charge < -0.3 is 5.11 Å². The van der Waals surface area contributed by atoms with Crippen molar-refractivity contribution in [1.29, 1.82) is 0 Å². The lowest BCUT2D eigenvalue weighted by atomic mass is 10.1. The van der Waals surface area contributed by atoms with Crippen molar-refractivity contribution in [2.45, 2.75) is 19.4 Å². The van der Waals surface area contributed by atoms with Crippen LogP contribution < -0.4 is 0 Å². The molecule has 0 atom stereocenters. The van der Waals surface area contributed by atoms with Crippen LogP contribution in [0, 0.1) is 0 Å². The molecule has 0 saturated carbocycles. The fraction of sp³-hybridized carbons (Fsp3) is 0.333. The van der Waals surface area contributed by atoms with E-state index in [9.17, 15) is 5.11 Å². The third-order valence-electron chi connectivity index (χ3n) is 1.84. The van der Waals surface area contributed by atoms with Crippen molar-refractivity contribution < 1.29 is 5.11 Å². The van der Waals surface area contributed by atoms with Crippen LogP contribution in [-0.2, 0) is 5.60 Å². The number of fused-ring (bicyclic) bond motifs is 1. The molecule has 0 spiro atoms. The molecule has 14 heavy (non-hydrogen) atoms. The zero-order valence-electron chi connectivity index (χ0n) is 7.90. The third-order valence-corrected chi connectivity index (χ3v) is 2.07. The zero-order valence-corrected chi connectivity index (χ0v) is 8.65. The number of rotatable bonds is 1. The first-order valence-corrected chi connectivity index (χ1v) is 4.59. The second-order valence-electron chi connectivity index (χ2n) is 3.64. The van der Waals surface area contributed by atoms with Crippen LogP contribution in [0.3, 0.4) is 0 Å². The maximum atomic E-state index is 9.69. The number of nitrogens with zero attached hydrogens (tertiary/aromatic N) is 3. The zero-order chi connectivity index (χ0) is 10.3. The predicted molar refractivity (Wildman–Crippen MR) is 53.2 cm³/mol. The Labute approximate surface area is 86.1 Å². The molecule has 0 unspecified atom stereocenters. The molecule has 4 nitrogen and oxygen atoms in total. The largest absolute Gasteiger partial charge is 0.382 e. The Morgan fingerprint density at radius 1 is 1.43 bits per heavy atom. The van der Waals surface area contributed by atoms with E-state index in [2.05, 4.69) is 10.1 Å². The van der Waals surface area contributed by atoms with Gasteiger partial charge in [-0.3, -0.25) is 0 Å². The van der Waals surface area contributed by atoms with E-state index in [0.717, 1.165) is 0 Å². The summed E-state index contributed by atoms with van der Waals surface area (Å²) in [5.41, 5.74) is -0.357. The van der Waals surface area contributed by atoms with Crippen molar-refractivity contribution in [3.8, 4) is 0 Å². The maximum absolute atomic E-state index is 9.69. The van der Waals surface area contributed by atoms with E-state index < -0.39 is 5.60 Å². The Morgan fingerprint density at radius 3 is 2.79 bits per heavy atom. The number of pyridine rings is 1. The summed E-state index contributed by atoms with van der Waals surface area (Å²) in [7, 11) is 0. The summed E-state index contributed by atoms with van der Waals surface area (Å²) in [6.45, 7) is 3.28. The second-order valence-corrected chi connectivity index (χ2v) is 4.08. The molecule has 0 aliphatic rings. The Hall–Kier alpha value is -1.13. The Balaban J connectivity index is 2.63. The molecule has 2 aromatic heterocycles. The number of aromatic nitrogens is 3. The van der Waals surface area contributed by atoms with Gasteiger partial charge in [-0.15, -0.1) is 5.10 Å². The van der Waals surface area contributed by atoms with E-state index in [1.165, 1.54) is 0 Å². The van der Waals surface area contributed by atoms with Gasteiger partial charge in [-0.05, 0) is 26.0 Å². The minimum Gasteiger partial charge on any atom is -0.382 e. The van der Waals surface area contributed by atoms with Crippen LogP contribution in [0.2, 0.25) is 5.02 Å². The van der Waals surface area contributed by atoms with Crippen molar-refractivity contribution in [2.24, 2.45) is 0 Å². The van der Waals surface area contributed by atoms with Gasteiger partial charge in [0, 0.05) is 6.20 Å². The van der Waals surface area contributed by atoms with Crippen molar-refractivity contribution in [3.05, 3.63) is 29.2 Å². The molecule has 0 aliphatic carbocycles. The van der Waals surface area contributed by atoms with Gasteiger partial charge >= 0.3 is 0 Å². The number of hydrogen-bond donors (Lipinski definition) is 1. The normalized spacial score (nSPS) is 12.3. The Morgan fingerprint density at radius 2 is 2.14 bits per heavy atom. The molecule has 0 bridgehead atoms.